The third kappa shape index (κ3) is 3.08. The van der Waals surface area contributed by atoms with Crippen LogP contribution in [-0.4, -0.2) is 33.5 Å². The van der Waals surface area contributed by atoms with Crippen molar-refractivity contribution in [1.82, 2.24) is 20.3 Å². The van der Waals surface area contributed by atoms with E-state index in [4.69, 9.17) is 5.73 Å². The molecule has 1 aliphatic rings. The standard InChI is InChI=1S/C14H16FN5O/c15-10-3-5-11(6-4-10)20-17-8-13(19-20)14(21)18-12(7-16)9-1-2-9/h3-6,8-9,12H,1-2,7,16H2,(H,18,21). The third-order valence-electron chi connectivity index (χ3n) is 3.54. The molecule has 1 atom stereocenters. The molecule has 6 nitrogen and oxygen atoms in total. The summed E-state index contributed by atoms with van der Waals surface area (Å²) < 4.78 is 12.9. The molecule has 0 saturated heterocycles. The maximum absolute atomic E-state index is 12.9. The Labute approximate surface area is 121 Å². The third-order valence-corrected chi connectivity index (χ3v) is 3.54. The molecule has 1 unspecified atom stereocenters. The molecule has 3 N–H and O–H groups in total. The van der Waals surface area contributed by atoms with E-state index >= 15 is 0 Å². The number of benzene rings is 1. The maximum Gasteiger partial charge on any atom is 0.273 e. The Balaban J connectivity index is 1.71. The lowest BCUT2D eigenvalue weighted by atomic mass is 10.2. The lowest BCUT2D eigenvalue weighted by Gasteiger charge is -2.14. The van der Waals surface area contributed by atoms with Crippen molar-refractivity contribution in [2.24, 2.45) is 11.7 Å². The molecule has 1 aliphatic carbocycles. The van der Waals surface area contributed by atoms with Crippen molar-refractivity contribution in [3.8, 4) is 5.69 Å². The zero-order chi connectivity index (χ0) is 14.8. The smallest absolute Gasteiger partial charge is 0.273 e. The minimum Gasteiger partial charge on any atom is -0.346 e. The van der Waals surface area contributed by atoms with Crippen LogP contribution >= 0.6 is 0 Å². The van der Waals surface area contributed by atoms with E-state index in [2.05, 4.69) is 15.5 Å². The summed E-state index contributed by atoms with van der Waals surface area (Å²) >= 11 is 0. The molecule has 3 rings (SSSR count). The van der Waals surface area contributed by atoms with Crippen LogP contribution in [0, 0.1) is 11.7 Å². The second-order valence-corrected chi connectivity index (χ2v) is 5.15. The number of rotatable bonds is 5. The van der Waals surface area contributed by atoms with Crippen LogP contribution in [0.2, 0.25) is 0 Å². The zero-order valence-electron chi connectivity index (χ0n) is 11.4. The molecule has 1 fully saturated rings. The number of hydrogen-bond acceptors (Lipinski definition) is 4. The first-order valence-electron chi connectivity index (χ1n) is 6.86. The van der Waals surface area contributed by atoms with Gasteiger partial charge in [-0.25, -0.2) is 4.39 Å². The van der Waals surface area contributed by atoms with E-state index in [1.54, 1.807) is 12.1 Å². The Bertz CT molecular complexity index is 635. The molecule has 1 aromatic heterocycles. The van der Waals surface area contributed by atoms with E-state index in [0.29, 0.717) is 18.2 Å². The number of carbonyl (C=O) groups excluding carboxylic acids is 1. The van der Waals surface area contributed by atoms with Gasteiger partial charge < -0.3 is 11.1 Å². The van der Waals surface area contributed by atoms with Gasteiger partial charge >= 0.3 is 0 Å². The average molecular weight is 289 g/mol. The van der Waals surface area contributed by atoms with Gasteiger partial charge in [0.05, 0.1) is 11.9 Å². The molecule has 1 aromatic carbocycles. The van der Waals surface area contributed by atoms with Gasteiger partial charge in [0.2, 0.25) is 0 Å². The van der Waals surface area contributed by atoms with Crippen molar-refractivity contribution in [2.75, 3.05) is 6.54 Å². The molecular weight excluding hydrogens is 273 g/mol. The molecule has 1 heterocycles. The van der Waals surface area contributed by atoms with Crippen LogP contribution in [0.5, 0.6) is 0 Å². The molecule has 0 aliphatic heterocycles. The van der Waals surface area contributed by atoms with Crippen molar-refractivity contribution in [1.29, 1.82) is 0 Å². The summed E-state index contributed by atoms with van der Waals surface area (Å²) in [6.07, 6.45) is 3.59. The van der Waals surface area contributed by atoms with E-state index in [1.807, 2.05) is 0 Å². The number of carbonyl (C=O) groups is 1. The average Bonchev–Trinajstić information content (AvgIpc) is 3.21. The highest BCUT2D eigenvalue weighted by molar-refractivity contribution is 5.92. The topological polar surface area (TPSA) is 85.8 Å². The minimum atomic E-state index is -0.334. The predicted octanol–water partition coefficient (Wildman–Crippen LogP) is 0.873. The number of amides is 1. The second kappa shape index (κ2) is 5.61. The fourth-order valence-electron chi connectivity index (χ4n) is 2.18. The van der Waals surface area contributed by atoms with Crippen LogP contribution < -0.4 is 11.1 Å². The molecule has 0 radical (unpaired) electrons. The highest BCUT2D eigenvalue weighted by atomic mass is 19.1. The fourth-order valence-corrected chi connectivity index (χ4v) is 2.18. The lowest BCUT2D eigenvalue weighted by molar-refractivity contribution is 0.0928. The zero-order valence-corrected chi connectivity index (χ0v) is 11.4. The monoisotopic (exact) mass is 289 g/mol. The minimum absolute atomic E-state index is 0.00605. The number of aromatic nitrogens is 3. The summed E-state index contributed by atoms with van der Waals surface area (Å²) in [6.45, 7) is 0.419. The van der Waals surface area contributed by atoms with Gasteiger partial charge in [0.25, 0.3) is 5.91 Å². The van der Waals surface area contributed by atoms with Gasteiger partial charge in [-0.05, 0) is 43.0 Å². The van der Waals surface area contributed by atoms with E-state index in [9.17, 15) is 9.18 Å². The number of nitrogens with zero attached hydrogens (tertiary/aromatic N) is 3. The van der Waals surface area contributed by atoms with Crippen molar-refractivity contribution >= 4 is 5.91 Å². The molecule has 110 valence electrons. The van der Waals surface area contributed by atoms with E-state index in [-0.39, 0.29) is 23.5 Å². The van der Waals surface area contributed by atoms with Crippen molar-refractivity contribution in [3.63, 3.8) is 0 Å². The van der Waals surface area contributed by atoms with Gasteiger partial charge in [0, 0.05) is 12.6 Å². The van der Waals surface area contributed by atoms with Crippen LogP contribution in [0.3, 0.4) is 0 Å². The molecule has 0 spiro atoms. The summed E-state index contributed by atoms with van der Waals surface area (Å²) in [5.74, 6) is -0.143. The molecule has 21 heavy (non-hydrogen) atoms. The van der Waals surface area contributed by atoms with Gasteiger partial charge in [0.1, 0.15) is 5.82 Å². The SMILES string of the molecule is NCC(NC(=O)c1cnn(-c2ccc(F)cc2)n1)C1CC1. The number of hydrogen-bond donors (Lipinski definition) is 2. The first-order valence-corrected chi connectivity index (χ1v) is 6.86. The largest absolute Gasteiger partial charge is 0.346 e. The summed E-state index contributed by atoms with van der Waals surface area (Å²) in [4.78, 5) is 13.4. The molecule has 1 saturated carbocycles. The summed E-state index contributed by atoms with van der Waals surface area (Å²) in [5, 5.41) is 11.0. The van der Waals surface area contributed by atoms with E-state index in [1.165, 1.54) is 23.1 Å². The van der Waals surface area contributed by atoms with E-state index in [0.717, 1.165) is 12.8 Å². The quantitative estimate of drug-likeness (QED) is 0.855. The Kier molecular flexibility index (Phi) is 3.66. The van der Waals surface area contributed by atoms with Gasteiger partial charge in [-0.1, -0.05) is 0 Å². The van der Waals surface area contributed by atoms with Crippen LogP contribution in [0.25, 0.3) is 5.69 Å². The van der Waals surface area contributed by atoms with Crippen LogP contribution in [0.1, 0.15) is 23.3 Å². The molecular formula is C14H16FN5O. The highest BCUT2D eigenvalue weighted by Gasteiger charge is 2.31. The van der Waals surface area contributed by atoms with Crippen LogP contribution in [0.4, 0.5) is 4.39 Å². The van der Waals surface area contributed by atoms with Gasteiger partial charge in [0.15, 0.2) is 5.69 Å². The van der Waals surface area contributed by atoms with Gasteiger partial charge in [-0.2, -0.15) is 9.90 Å². The lowest BCUT2D eigenvalue weighted by Crippen LogP contribution is -2.41. The van der Waals surface area contributed by atoms with Crippen molar-refractivity contribution < 1.29 is 9.18 Å². The maximum atomic E-state index is 12.9. The summed E-state index contributed by atoms with van der Waals surface area (Å²) in [7, 11) is 0. The van der Waals surface area contributed by atoms with Crippen LogP contribution in [-0.2, 0) is 0 Å². The highest BCUT2D eigenvalue weighted by Crippen LogP contribution is 2.32. The second-order valence-electron chi connectivity index (χ2n) is 5.15. The number of halogens is 1. The van der Waals surface area contributed by atoms with Gasteiger partial charge in [-0.3, -0.25) is 4.79 Å². The first-order chi connectivity index (χ1) is 10.2. The fraction of sp³-hybridized carbons (Fsp3) is 0.357. The van der Waals surface area contributed by atoms with Crippen LogP contribution in [0.15, 0.2) is 30.5 Å². The normalized spacial score (nSPS) is 15.7. The molecule has 7 heteroatoms. The molecule has 2 aromatic rings. The Morgan fingerprint density at radius 1 is 1.43 bits per heavy atom. The Hall–Kier alpha value is -2.28. The predicted molar refractivity (Wildman–Crippen MR) is 74.3 cm³/mol. The summed E-state index contributed by atoms with van der Waals surface area (Å²) in [6, 6.07) is 5.72. The summed E-state index contributed by atoms with van der Waals surface area (Å²) in [5.41, 5.74) is 6.47. The first kappa shape index (κ1) is 13.7. The Morgan fingerprint density at radius 2 is 2.14 bits per heavy atom. The Morgan fingerprint density at radius 3 is 2.76 bits per heavy atom. The van der Waals surface area contributed by atoms with Gasteiger partial charge in [-0.15, -0.1) is 5.10 Å². The van der Waals surface area contributed by atoms with E-state index < -0.39 is 0 Å². The molecule has 1 amide bonds. The van der Waals surface area contributed by atoms with Crippen molar-refractivity contribution in [3.05, 3.63) is 42.0 Å². The molecule has 0 bridgehead atoms. The van der Waals surface area contributed by atoms with Crippen molar-refractivity contribution in [2.45, 2.75) is 18.9 Å². The number of nitrogens with two attached hydrogens (primary N) is 1. The number of nitrogens with one attached hydrogen (secondary N) is 1.